The van der Waals surface area contributed by atoms with Crippen LogP contribution in [0.3, 0.4) is 0 Å². The number of carbonyl (C=O) groups is 2. The minimum atomic E-state index is -1.01. The van der Waals surface area contributed by atoms with Gasteiger partial charge in [-0.05, 0) is 6.42 Å². The molecule has 1 aliphatic heterocycles. The summed E-state index contributed by atoms with van der Waals surface area (Å²) in [6.45, 7) is 0.738. The van der Waals surface area contributed by atoms with Crippen LogP contribution in [0.25, 0.3) is 0 Å². The summed E-state index contributed by atoms with van der Waals surface area (Å²) >= 11 is 0. The number of nitrogens with zero attached hydrogens (tertiary/aromatic N) is 3. The molecule has 1 aromatic rings. The number of rotatable bonds is 6. The molecule has 0 radical (unpaired) electrons. The molecule has 9 nitrogen and oxygen atoms in total. The molecule has 1 saturated heterocycles. The van der Waals surface area contributed by atoms with Crippen molar-refractivity contribution in [1.29, 1.82) is 0 Å². The van der Waals surface area contributed by atoms with Gasteiger partial charge in [0.25, 0.3) is 0 Å². The Balaban J connectivity index is 1.77. The van der Waals surface area contributed by atoms with Gasteiger partial charge in [-0.2, -0.15) is 5.10 Å². The van der Waals surface area contributed by atoms with Gasteiger partial charge in [-0.15, -0.1) is 0 Å². The van der Waals surface area contributed by atoms with Crippen molar-refractivity contribution in [1.82, 2.24) is 25.4 Å². The maximum atomic E-state index is 12.0. The Labute approximate surface area is 121 Å². The van der Waals surface area contributed by atoms with Crippen molar-refractivity contribution < 1.29 is 19.4 Å². The molecule has 0 aliphatic carbocycles. The van der Waals surface area contributed by atoms with Gasteiger partial charge >= 0.3 is 12.0 Å². The third kappa shape index (κ3) is 3.91. The largest absolute Gasteiger partial charge is 0.480 e. The van der Waals surface area contributed by atoms with Crippen molar-refractivity contribution in [2.24, 2.45) is 0 Å². The standard InChI is InChI=1S/C12H19N5O4/c1-21-8-5-9(11(18)19)17(6-8)12(20)13-4-2-3-10-14-7-15-16-10/h7-9H,2-6H2,1H3,(H,13,20)(H,18,19)(H,14,15,16). The van der Waals surface area contributed by atoms with Gasteiger partial charge in [-0.1, -0.05) is 0 Å². The second-order valence-corrected chi connectivity index (χ2v) is 4.87. The monoisotopic (exact) mass is 297 g/mol. The molecular weight excluding hydrogens is 278 g/mol. The van der Waals surface area contributed by atoms with E-state index in [4.69, 9.17) is 9.84 Å². The molecule has 1 aromatic heterocycles. The van der Waals surface area contributed by atoms with Gasteiger partial charge in [0, 0.05) is 33.0 Å². The smallest absolute Gasteiger partial charge is 0.326 e. The summed E-state index contributed by atoms with van der Waals surface area (Å²) in [5, 5.41) is 18.3. The Morgan fingerprint density at radius 1 is 1.62 bits per heavy atom. The predicted molar refractivity (Wildman–Crippen MR) is 71.6 cm³/mol. The number of nitrogens with one attached hydrogen (secondary N) is 2. The first-order valence-electron chi connectivity index (χ1n) is 6.76. The summed E-state index contributed by atoms with van der Waals surface area (Å²) in [7, 11) is 1.52. The first kappa shape index (κ1) is 15.2. The highest BCUT2D eigenvalue weighted by Gasteiger charge is 2.39. The van der Waals surface area contributed by atoms with E-state index in [1.807, 2.05) is 0 Å². The molecule has 1 fully saturated rings. The highest BCUT2D eigenvalue weighted by Crippen LogP contribution is 2.20. The van der Waals surface area contributed by atoms with Crippen LogP contribution in [-0.4, -0.2) is 69.5 Å². The zero-order valence-electron chi connectivity index (χ0n) is 11.8. The number of aromatic amines is 1. The summed E-state index contributed by atoms with van der Waals surface area (Å²) in [4.78, 5) is 28.5. The zero-order valence-corrected chi connectivity index (χ0v) is 11.8. The molecule has 1 aliphatic rings. The van der Waals surface area contributed by atoms with E-state index < -0.39 is 12.0 Å². The van der Waals surface area contributed by atoms with Crippen LogP contribution in [0, 0.1) is 0 Å². The molecule has 0 aromatic carbocycles. The maximum absolute atomic E-state index is 12.0. The molecule has 2 amide bonds. The van der Waals surface area contributed by atoms with Crippen molar-refractivity contribution in [3.8, 4) is 0 Å². The van der Waals surface area contributed by atoms with E-state index >= 15 is 0 Å². The Morgan fingerprint density at radius 2 is 2.43 bits per heavy atom. The zero-order chi connectivity index (χ0) is 15.2. The third-order valence-electron chi connectivity index (χ3n) is 3.47. The third-order valence-corrected chi connectivity index (χ3v) is 3.47. The lowest BCUT2D eigenvalue weighted by atomic mass is 10.2. The van der Waals surface area contributed by atoms with E-state index in [1.165, 1.54) is 18.3 Å². The summed E-state index contributed by atoms with van der Waals surface area (Å²) in [6.07, 6.45) is 2.88. The molecule has 2 unspecified atom stereocenters. The molecule has 0 bridgehead atoms. The summed E-state index contributed by atoms with van der Waals surface area (Å²) in [6, 6.07) is -1.20. The van der Waals surface area contributed by atoms with Crippen LogP contribution in [-0.2, 0) is 16.0 Å². The number of amides is 2. The van der Waals surface area contributed by atoms with Crippen molar-refractivity contribution in [2.45, 2.75) is 31.4 Å². The van der Waals surface area contributed by atoms with E-state index in [0.29, 0.717) is 32.4 Å². The number of aromatic nitrogens is 3. The maximum Gasteiger partial charge on any atom is 0.326 e. The van der Waals surface area contributed by atoms with Gasteiger partial charge in [0.1, 0.15) is 18.2 Å². The molecule has 21 heavy (non-hydrogen) atoms. The quantitative estimate of drug-likeness (QED) is 0.616. The first-order chi connectivity index (χ1) is 10.1. The first-order valence-corrected chi connectivity index (χ1v) is 6.76. The summed E-state index contributed by atoms with van der Waals surface area (Å²) in [5.41, 5.74) is 0. The number of carbonyl (C=O) groups excluding carboxylic acids is 1. The van der Waals surface area contributed by atoms with Crippen LogP contribution in [0.2, 0.25) is 0 Å². The van der Waals surface area contributed by atoms with Gasteiger partial charge in [-0.3, -0.25) is 5.10 Å². The number of methoxy groups -OCH3 is 1. The number of aryl methyl sites for hydroxylation is 1. The van der Waals surface area contributed by atoms with E-state index in [0.717, 1.165) is 5.82 Å². The van der Waals surface area contributed by atoms with Gasteiger partial charge in [0.05, 0.1) is 6.10 Å². The van der Waals surface area contributed by atoms with E-state index in [1.54, 1.807) is 0 Å². The fourth-order valence-electron chi connectivity index (χ4n) is 2.33. The Hall–Kier alpha value is -2.16. The van der Waals surface area contributed by atoms with Crippen molar-refractivity contribution >= 4 is 12.0 Å². The molecular formula is C12H19N5O4. The van der Waals surface area contributed by atoms with Crippen LogP contribution < -0.4 is 5.32 Å². The van der Waals surface area contributed by atoms with Crippen LogP contribution >= 0.6 is 0 Å². The minimum Gasteiger partial charge on any atom is -0.480 e. The molecule has 9 heteroatoms. The summed E-state index contributed by atoms with van der Waals surface area (Å²) in [5.74, 6) is -0.250. The minimum absolute atomic E-state index is 0.231. The van der Waals surface area contributed by atoms with Crippen LogP contribution in [0.5, 0.6) is 0 Å². The fourth-order valence-corrected chi connectivity index (χ4v) is 2.33. The van der Waals surface area contributed by atoms with Crippen LogP contribution in [0.1, 0.15) is 18.7 Å². The number of carboxylic acid groups (broad SMARTS) is 1. The number of ether oxygens (including phenoxy) is 1. The average Bonchev–Trinajstić information content (AvgIpc) is 3.12. The number of likely N-dealkylation sites (tertiary alicyclic amines) is 1. The fraction of sp³-hybridized carbons (Fsp3) is 0.667. The topological polar surface area (TPSA) is 120 Å². The van der Waals surface area contributed by atoms with Crippen molar-refractivity contribution in [3.63, 3.8) is 0 Å². The normalized spacial score (nSPS) is 21.5. The lowest BCUT2D eigenvalue weighted by molar-refractivity contribution is -0.141. The Kier molecular flexibility index (Phi) is 5.09. The summed E-state index contributed by atoms with van der Waals surface area (Å²) < 4.78 is 5.14. The number of hydrogen-bond donors (Lipinski definition) is 3. The van der Waals surface area contributed by atoms with Crippen molar-refractivity contribution in [3.05, 3.63) is 12.2 Å². The van der Waals surface area contributed by atoms with E-state index in [-0.39, 0.29) is 12.1 Å². The molecule has 2 heterocycles. The number of H-pyrrole nitrogens is 1. The lowest BCUT2D eigenvalue weighted by Crippen LogP contribution is -2.46. The van der Waals surface area contributed by atoms with Crippen LogP contribution in [0.15, 0.2) is 6.33 Å². The van der Waals surface area contributed by atoms with E-state index in [9.17, 15) is 9.59 Å². The SMILES string of the molecule is COC1CC(C(=O)O)N(C(=O)NCCCc2ncn[nH]2)C1. The van der Waals surface area contributed by atoms with Crippen LogP contribution in [0.4, 0.5) is 4.79 Å². The second-order valence-electron chi connectivity index (χ2n) is 4.87. The van der Waals surface area contributed by atoms with Gasteiger partial charge in [0.15, 0.2) is 0 Å². The Bertz CT molecular complexity index is 478. The van der Waals surface area contributed by atoms with Gasteiger partial charge in [0.2, 0.25) is 0 Å². The number of carboxylic acids is 1. The number of hydrogen-bond acceptors (Lipinski definition) is 5. The molecule has 2 rings (SSSR count). The molecule has 3 N–H and O–H groups in total. The highest BCUT2D eigenvalue weighted by atomic mass is 16.5. The second kappa shape index (κ2) is 7.02. The Morgan fingerprint density at radius 3 is 3.05 bits per heavy atom. The average molecular weight is 297 g/mol. The van der Waals surface area contributed by atoms with Gasteiger partial charge in [-0.25, -0.2) is 14.6 Å². The number of urea groups is 1. The van der Waals surface area contributed by atoms with Crippen molar-refractivity contribution in [2.75, 3.05) is 20.2 Å². The molecule has 116 valence electrons. The highest BCUT2D eigenvalue weighted by molar-refractivity contribution is 5.83. The molecule has 0 saturated carbocycles. The molecule has 2 atom stereocenters. The molecule has 0 spiro atoms. The lowest BCUT2D eigenvalue weighted by Gasteiger charge is -2.21. The van der Waals surface area contributed by atoms with E-state index in [2.05, 4.69) is 20.5 Å². The predicted octanol–water partition coefficient (Wildman–Crippen LogP) is -0.379. The number of aliphatic carboxylic acids is 1. The van der Waals surface area contributed by atoms with Gasteiger partial charge < -0.3 is 20.1 Å².